The van der Waals surface area contributed by atoms with Gasteiger partial charge in [0, 0.05) is 17.4 Å². The molecule has 1 aliphatic heterocycles. The van der Waals surface area contributed by atoms with Crippen molar-refractivity contribution in [2.24, 2.45) is 5.92 Å². The van der Waals surface area contributed by atoms with Gasteiger partial charge in [0.05, 0.1) is 13.0 Å². The molecule has 0 unspecified atom stereocenters. The van der Waals surface area contributed by atoms with Crippen molar-refractivity contribution in [3.8, 4) is 0 Å². The van der Waals surface area contributed by atoms with Gasteiger partial charge in [0.25, 0.3) is 0 Å². The van der Waals surface area contributed by atoms with E-state index in [0.717, 1.165) is 11.1 Å². The summed E-state index contributed by atoms with van der Waals surface area (Å²) >= 11 is 0. The Kier molecular flexibility index (Phi) is 6.76. The lowest BCUT2D eigenvalue weighted by molar-refractivity contribution is -0.545. The summed E-state index contributed by atoms with van der Waals surface area (Å²) in [6.07, 6.45) is 0.683. The van der Waals surface area contributed by atoms with Crippen molar-refractivity contribution in [3.05, 3.63) is 81.9 Å². The topological polar surface area (TPSA) is 72.7 Å². The fourth-order valence-electron chi connectivity index (χ4n) is 4.11. The molecule has 0 radical (unpaired) electrons. The highest BCUT2D eigenvalue weighted by Crippen LogP contribution is 2.38. The number of nitrogens with zero attached hydrogens (tertiary/aromatic N) is 2. The van der Waals surface area contributed by atoms with E-state index in [1.807, 2.05) is 60.7 Å². The third-order valence-corrected chi connectivity index (χ3v) is 5.33. The first-order valence-corrected chi connectivity index (χ1v) is 9.72. The van der Waals surface area contributed by atoms with Crippen LogP contribution in [0.4, 0.5) is 0 Å². The first kappa shape index (κ1) is 20.0. The average molecular weight is 382 g/mol. The van der Waals surface area contributed by atoms with Gasteiger partial charge in [0.15, 0.2) is 0 Å². The molecule has 0 amide bonds. The van der Waals surface area contributed by atoms with Gasteiger partial charge in [-0.3, -0.25) is 19.8 Å². The maximum absolute atomic E-state index is 12.1. The summed E-state index contributed by atoms with van der Waals surface area (Å²) < 4.78 is 5.06. The molecule has 1 fully saturated rings. The van der Waals surface area contributed by atoms with Crippen LogP contribution in [0.15, 0.2) is 60.7 Å². The minimum absolute atomic E-state index is 0.0853. The smallest absolute Gasteiger partial charge is 0.306 e. The Balaban J connectivity index is 1.91. The molecule has 2 aromatic rings. The first-order chi connectivity index (χ1) is 13.6. The van der Waals surface area contributed by atoms with Crippen LogP contribution >= 0.6 is 0 Å². The van der Waals surface area contributed by atoms with Gasteiger partial charge < -0.3 is 4.74 Å². The first-order valence-electron chi connectivity index (χ1n) is 9.72. The van der Waals surface area contributed by atoms with Crippen molar-refractivity contribution in [3.63, 3.8) is 0 Å². The van der Waals surface area contributed by atoms with Gasteiger partial charge >= 0.3 is 5.97 Å². The molecular formula is C22H26N2O4. The van der Waals surface area contributed by atoms with E-state index in [2.05, 4.69) is 4.90 Å². The van der Waals surface area contributed by atoms with E-state index in [4.69, 9.17) is 4.74 Å². The van der Waals surface area contributed by atoms with Crippen molar-refractivity contribution >= 4 is 5.97 Å². The standard InChI is InChI=1S/C22H26N2O4/c1-2-28-20(25)15-19-13-14-23(16-17-9-5-3-6-10-17)21(22(19)24(26)27)18-11-7-4-8-12-18/h3-12,19,21-22H,2,13-16H2,1H3/t19-,21-,22+/m1/s1. The molecule has 2 aromatic carbocycles. The number of benzene rings is 2. The van der Waals surface area contributed by atoms with E-state index < -0.39 is 6.04 Å². The van der Waals surface area contributed by atoms with Gasteiger partial charge in [0.1, 0.15) is 6.04 Å². The zero-order valence-electron chi connectivity index (χ0n) is 16.1. The van der Waals surface area contributed by atoms with Gasteiger partial charge in [-0.05, 0) is 31.0 Å². The number of likely N-dealkylation sites (tertiary alicyclic amines) is 1. The Morgan fingerprint density at radius 1 is 1.14 bits per heavy atom. The molecule has 6 nitrogen and oxygen atoms in total. The minimum Gasteiger partial charge on any atom is -0.466 e. The number of hydrogen-bond acceptors (Lipinski definition) is 5. The highest BCUT2D eigenvalue weighted by atomic mass is 16.6. The predicted octanol–water partition coefficient (Wildman–Crippen LogP) is 3.85. The van der Waals surface area contributed by atoms with Crippen LogP contribution in [0.2, 0.25) is 0 Å². The molecule has 1 aliphatic rings. The molecule has 0 aromatic heterocycles. The minimum atomic E-state index is -0.857. The zero-order valence-corrected chi connectivity index (χ0v) is 16.1. The van der Waals surface area contributed by atoms with E-state index >= 15 is 0 Å². The van der Waals surface area contributed by atoms with E-state index in [0.29, 0.717) is 19.5 Å². The van der Waals surface area contributed by atoms with Crippen molar-refractivity contribution in [2.45, 2.75) is 38.4 Å². The molecule has 1 saturated heterocycles. The maximum atomic E-state index is 12.1. The number of esters is 1. The number of hydrogen-bond donors (Lipinski definition) is 0. The number of ether oxygens (including phenoxy) is 1. The van der Waals surface area contributed by atoms with E-state index in [-0.39, 0.29) is 35.9 Å². The number of piperidine rings is 1. The lowest BCUT2D eigenvalue weighted by Crippen LogP contribution is -2.50. The fourth-order valence-corrected chi connectivity index (χ4v) is 4.11. The Hall–Kier alpha value is -2.73. The molecule has 0 aliphatic carbocycles. The van der Waals surface area contributed by atoms with E-state index in [1.165, 1.54) is 0 Å². The van der Waals surface area contributed by atoms with Crippen molar-refractivity contribution in [1.82, 2.24) is 4.90 Å². The molecule has 28 heavy (non-hydrogen) atoms. The lowest BCUT2D eigenvalue weighted by atomic mass is 9.80. The monoisotopic (exact) mass is 382 g/mol. The van der Waals surface area contributed by atoms with Crippen LogP contribution in [-0.4, -0.2) is 35.0 Å². The van der Waals surface area contributed by atoms with Crippen molar-refractivity contribution in [2.75, 3.05) is 13.2 Å². The van der Waals surface area contributed by atoms with Crippen LogP contribution < -0.4 is 0 Å². The lowest BCUT2D eigenvalue weighted by Gasteiger charge is -2.41. The summed E-state index contributed by atoms with van der Waals surface area (Å²) in [4.78, 5) is 26.1. The van der Waals surface area contributed by atoms with Gasteiger partial charge in [0.2, 0.25) is 6.04 Å². The maximum Gasteiger partial charge on any atom is 0.306 e. The molecule has 1 heterocycles. The van der Waals surface area contributed by atoms with Gasteiger partial charge in [-0.2, -0.15) is 0 Å². The van der Waals surface area contributed by atoms with E-state index in [9.17, 15) is 14.9 Å². The normalized spacial score (nSPS) is 22.5. The number of rotatable bonds is 7. The molecule has 3 rings (SSSR count). The highest BCUT2D eigenvalue weighted by molar-refractivity contribution is 5.69. The number of carbonyl (C=O) groups is 1. The summed E-state index contributed by atoms with van der Waals surface area (Å²) in [5.74, 6) is -0.700. The van der Waals surface area contributed by atoms with Gasteiger partial charge in [-0.15, -0.1) is 0 Å². The quantitative estimate of drug-likeness (QED) is 0.413. The molecule has 3 atom stereocenters. The summed E-state index contributed by atoms with van der Waals surface area (Å²) in [5, 5.41) is 12.1. The third-order valence-electron chi connectivity index (χ3n) is 5.33. The Bertz CT molecular complexity index is 782. The van der Waals surface area contributed by atoms with Crippen molar-refractivity contribution < 1.29 is 14.5 Å². The number of carbonyl (C=O) groups excluding carboxylic acids is 1. The van der Waals surface area contributed by atoms with Crippen molar-refractivity contribution in [1.29, 1.82) is 0 Å². The Morgan fingerprint density at radius 3 is 2.39 bits per heavy atom. The molecule has 0 bridgehead atoms. The largest absolute Gasteiger partial charge is 0.466 e. The second-order valence-electron chi connectivity index (χ2n) is 7.15. The molecular weight excluding hydrogens is 356 g/mol. The van der Waals surface area contributed by atoms with Gasteiger partial charge in [-0.25, -0.2) is 0 Å². The fraction of sp³-hybridized carbons (Fsp3) is 0.409. The molecule has 0 saturated carbocycles. The van der Waals surface area contributed by atoms with Crippen LogP contribution in [0.3, 0.4) is 0 Å². The summed E-state index contributed by atoms with van der Waals surface area (Å²) in [6.45, 7) is 3.37. The summed E-state index contributed by atoms with van der Waals surface area (Å²) in [7, 11) is 0. The summed E-state index contributed by atoms with van der Waals surface area (Å²) in [6, 6.07) is 18.3. The third kappa shape index (κ3) is 4.75. The van der Waals surface area contributed by atoms with Crippen LogP contribution in [0.25, 0.3) is 0 Å². The van der Waals surface area contributed by atoms with Gasteiger partial charge in [-0.1, -0.05) is 60.7 Å². The zero-order chi connectivity index (χ0) is 19.9. The number of nitro groups is 1. The molecule has 148 valence electrons. The van der Waals surface area contributed by atoms with Crippen LogP contribution in [-0.2, 0) is 16.1 Å². The Labute approximate surface area is 165 Å². The molecule has 0 N–H and O–H groups in total. The summed E-state index contributed by atoms with van der Waals surface area (Å²) in [5.41, 5.74) is 2.03. The van der Waals surface area contributed by atoms with Crippen LogP contribution in [0.5, 0.6) is 0 Å². The highest BCUT2D eigenvalue weighted by Gasteiger charge is 2.47. The van der Waals surface area contributed by atoms with Crippen LogP contribution in [0.1, 0.15) is 36.9 Å². The van der Waals surface area contributed by atoms with E-state index in [1.54, 1.807) is 6.92 Å². The van der Waals surface area contributed by atoms with Crippen LogP contribution in [0, 0.1) is 16.0 Å². The average Bonchev–Trinajstić information content (AvgIpc) is 2.70. The second-order valence-corrected chi connectivity index (χ2v) is 7.15. The second kappa shape index (κ2) is 9.46. The molecule has 0 spiro atoms. The Morgan fingerprint density at radius 2 is 1.79 bits per heavy atom. The SMILES string of the molecule is CCOC(=O)C[C@H]1CCN(Cc2ccccc2)[C@H](c2ccccc2)[C@H]1[N+](=O)[O-]. The predicted molar refractivity (Wildman–Crippen MR) is 106 cm³/mol. The molecule has 6 heteroatoms.